The Kier molecular flexibility index (Phi) is 6.95. The predicted octanol–water partition coefficient (Wildman–Crippen LogP) is 5.84. The third kappa shape index (κ3) is 5.94. The quantitative estimate of drug-likeness (QED) is 0.196. The van der Waals surface area contributed by atoms with Crippen molar-refractivity contribution in [3.05, 3.63) is 89.9 Å². The van der Waals surface area contributed by atoms with E-state index in [2.05, 4.69) is 35.8 Å². The molecule has 0 unspecified atom stereocenters. The van der Waals surface area contributed by atoms with Crippen molar-refractivity contribution in [2.24, 2.45) is 5.10 Å². The van der Waals surface area contributed by atoms with E-state index in [1.165, 1.54) is 24.5 Å². The number of benzene rings is 1. The highest BCUT2D eigenvalue weighted by Gasteiger charge is 2.30. The molecule has 2 N–H and O–H groups in total. The molecule has 0 saturated heterocycles. The molecule has 0 bridgehead atoms. The van der Waals surface area contributed by atoms with E-state index in [4.69, 9.17) is 0 Å². The van der Waals surface area contributed by atoms with Crippen LogP contribution in [-0.4, -0.2) is 26.2 Å². The molecule has 0 radical (unpaired) electrons. The van der Waals surface area contributed by atoms with Gasteiger partial charge in [-0.05, 0) is 48.9 Å². The van der Waals surface area contributed by atoms with Gasteiger partial charge in [-0.15, -0.1) is 0 Å². The summed E-state index contributed by atoms with van der Waals surface area (Å²) in [7, 11) is 0. The molecule has 3 aromatic heterocycles. The van der Waals surface area contributed by atoms with Crippen molar-refractivity contribution in [1.29, 1.82) is 0 Å². The molecule has 178 valence electrons. The fourth-order valence-electron chi connectivity index (χ4n) is 3.20. The van der Waals surface area contributed by atoms with Crippen LogP contribution in [-0.2, 0) is 12.6 Å². The molecule has 4 rings (SSSR count). The van der Waals surface area contributed by atoms with Crippen molar-refractivity contribution < 1.29 is 17.6 Å². The Morgan fingerprint density at radius 1 is 0.971 bits per heavy atom. The fourth-order valence-corrected chi connectivity index (χ4v) is 3.20. The molecule has 0 aliphatic rings. The molecular weight excluding hydrogens is 462 g/mol. The Balaban J connectivity index is 1.43. The van der Waals surface area contributed by atoms with E-state index in [1.807, 2.05) is 6.92 Å². The Morgan fingerprint density at radius 3 is 2.57 bits per heavy atom. The lowest BCUT2D eigenvalue weighted by Gasteiger charge is -2.10. The van der Waals surface area contributed by atoms with Gasteiger partial charge in [-0.3, -0.25) is 9.97 Å². The second-order valence-electron chi connectivity index (χ2n) is 7.29. The number of aromatic nitrogens is 4. The Labute approximate surface area is 198 Å². The van der Waals surface area contributed by atoms with Gasteiger partial charge in [0.25, 0.3) is 0 Å². The predicted molar refractivity (Wildman–Crippen MR) is 125 cm³/mol. The van der Waals surface area contributed by atoms with Crippen LogP contribution < -0.4 is 10.7 Å². The van der Waals surface area contributed by atoms with E-state index in [1.54, 1.807) is 30.5 Å². The van der Waals surface area contributed by atoms with Gasteiger partial charge in [0.15, 0.2) is 5.82 Å². The van der Waals surface area contributed by atoms with Crippen LogP contribution in [0.25, 0.3) is 11.3 Å². The summed E-state index contributed by atoms with van der Waals surface area (Å²) < 4.78 is 53.0. The van der Waals surface area contributed by atoms with Crippen LogP contribution in [0.1, 0.15) is 23.9 Å². The van der Waals surface area contributed by atoms with E-state index >= 15 is 0 Å². The topological polar surface area (TPSA) is 88.0 Å². The number of alkyl halides is 3. The van der Waals surface area contributed by atoms with E-state index in [9.17, 15) is 17.6 Å². The van der Waals surface area contributed by atoms with Crippen molar-refractivity contribution >= 4 is 23.5 Å². The minimum Gasteiger partial charge on any atom is -0.354 e. The van der Waals surface area contributed by atoms with Crippen LogP contribution in [0, 0.1) is 5.82 Å². The molecular formula is C24H19F4N7. The lowest BCUT2D eigenvalue weighted by atomic mass is 10.1. The zero-order chi connectivity index (χ0) is 24.8. The first kappa shape index (κ1) is 23.7. The third-order valence-corrected chi connectivity index (χ3v) is 4.85. The number of anilines is 3. The molecule has 0 atom stereocenters. The normalized spacial score (nSPS) is 11.6. The lowest BCUT2D eigenvalue weighted by Crippen LogP contribution is -2.05. The van der Waals surface area contributed by atoms with Crippen molar-refractivity contribution in [3.63, 3.8) is 0 Å². The molecule has 0 spiro atoms. The lowest BCUT2D eigenvalue weighted by molar-refractivity contribution is -0.137. The van der Waals surface area contributed by atoms with E-state index in [-0.39, 0.29) is 17.3 Å². The summed E-state index contributed by atoms with van der Waals surface area (Å²) in [5.41, 5.74) is 4.56. The maximum absolute atomic E-state index is 14.3. The highest BCUT2D eigenvalue weighted by atomic mass is 19.4. The number of pyridine rings is 2. The Hall–Kier alpha value is -4.41. The number of hydrazone groups is 1. The molecule has 1 aromatic carbocycles. The highest BCUT2D eigenvalue weighted by molar-refractivity contribution is 5.78. The molecule has 11 heteroatoms. The van der Waals surface area contributed by atoms with Crippen LogP contribution in [0.15, 0.2) is 72.2 Å². The van der Waals surface area contributed by atoms with Gasteiger partial charge >= 0.3 is 6.18 Å². The first-order valence-electron chi connectivity index (χ1n) is 10.5. The zero-order valence-corrected chi connectivity index (χ0v) is 18.4. The van der Waals surface area contributed by atoms with Crippen LogP contribution in [0.5, 0.6) is 0 Å². The van der Waals surface area contributed by atoms with Crippen molar-refractivity contribution in [2.45, 2.75) is 19.5 Å². The second kappa shape index (κ2) is 10.2. The minimum absolute atomic E-state index is 0.0892. The largest absolute Gasteiger partial charge is 0.416 e. The summed E-state index contributed by atoms with van der Waals surface area (Å²) in [5, 5.41) is 6.90. The summed E-state index contributed by atoms with van der Waals surface area (Å²) in [4.78, 5) is 16.6. The number of nitrogens with zero attached hydrogens (tertiary/aromatic N) is 5. The van der Waals surface area contributed by atoms with Gasteiger partial charge in [-0.2, -0.15) is 18.3 Å². The maximum Gasteiger partial charge on any atom is 0.416 e. The maximum atomic E-state index is 14.3. The van der Waals surface area contributed by atoms with Gasteiger partial charge in [0, 0.05) is 23.1 Å². The molecule has 0 aliphatic carbocycles. The van der Waals surface area contributed by atoms with Crippen LogP contribution in [0.4, 0.5) is 34.9 Å². The van der Waals surface area contributed by atoms with Crippen LogP contribution in [0.2, 0.25) is 0 Å². The molecule has 0 amide bonds. The van der Waals surface area contributed by atoms with Gasteiger partial charge in [-0.1, -0.05) is 13.0 Å². The zero-order valence-electron chi connectivity index (χ0n) is 18.4. The van der Waals surface area contributed by atoms with Gasteiger partial charge in [-0.25, -0.2) is 19.8 Å². The first-order valence-corrected chi connectivity index (χ1v) is 10.5. The summed E-state index contributed by atoms with van der Waals surface area (Å²) >= 11 is 0. The summed E-state index contributed by atoms with van der Waals surface area (Å²) in [6.07, 6.45) is 1.75. The van der Waals surface area contributed by atoms with Crippen molar-refractivity contribution in [3.8, 4) is 11.3 Å². The average molecular weight is 481 g/mol. The number of rotatable bonds is 7. The van der Waals surface area contributed by atoms with Crippen LogP contribution in [0.3, 0.4) is 0 Å². The molecule has 0 fully saturated rings. The van der Waals surface area contributed by atoms with Crippen molar-refractivity contribution in [1.82, 2.24) is 19.9 Å². The number of hydrogen-bond donors (Lipinski definition) is 2. The van der Waals surface area contributed by atoms with E-state index in [0.29, 0.717) is 29.1 Å². The van der Waals surface area contributed by atoms with Gasteiger partial charge in [0.1, 0.15) is 5.69 Å². The SMILES string of the molecule is CCc1ncccc1-c1nc(N/N=C/c2ccc(Nc3cccc(C(F)(F)F)c3)cn2)ncc1F. The molecule has 0 aliphatic heterocycles. The average Bonchev–Trinajstić information content (AvgIpc) is 2.86. The number of nitrogens with one attached hydrogen (secondary N) is 2. The van der Waals surface area contributed by atoms with Gasteiger partial charge in [0.05, 0.1) is 35.6 Å². The number of halogens is 4. The summed E-state index contributed by atoms with van der Waals surface area (Å²) in [6, 6.07) is 11.6. The van der Waals surface area contributed by atoms with Crippen molar-refractivity contribution in [2.75, 3.05) is 10.7 Å². The molecule has 4 aromatic rings. The Morgan fingerprint density at radius 2 is 1.83 bits per heavy atom. The standard InChI is InChI=1S/C24H19F4N7/c1-2-21-19(7-4-10-29-21)22-20(25)14-31-23(34-22)35-32-13-17-8-9-18(12-30-17)33-16-6-3-5-15(11-16)24(26,27)28/h3-14,33H,2H2,1H3,(H,31,34,35)/b32-13+. The number of hydrogen-bond acceptors (Lipinski definition) is 7. The smallest absolute Gasteiger partial charge is 0.354 e. The molecule has 0 saturated carbocycles. The summed E-state index contributed by atoms with van der Waals surface area (Å²) in [6.45, 7) is 1.92. The Bertz CT molecular complexity index is 1340. The molecule has 7 nitrogen and oxygen atoms in total. The monoisotopic (exact) mass is 481 g/mol. The van der Waals surface area contributed by atoms with Gasteiger partial charge in [0.2, 0.25) is 5.95 Å². The van der Waals surface area contributed by atoms with Crippen LogP contribution >= 0.6 is 0 Å². The molecule has 35 heavy (non-hydrogen) atoms. The minimum atomic E-state index is -4.42. The van der Waals surface area contributed by atoms with Gasteiger partial charge < -0.3 is 5.32 Å². The second-order valence-corrected chi connectivity index (χ2v) is 7.29. The highest BCUT2D eigenvalue weighted by Crippen LogP contribution is 2.31. The van der Waals surface area contributed by atoms with E-state index in [0.717, 1.165) is 18.3 Å². The molecule has 3 heterocycles. The third-order valence-electron chi connectivity index (χ3n) is 4.85. The number of aryl methyl sites for hydroxylation is 1. The fraction of sp³-hybridized carbons (Fsp3) is 0.125. The first-order chi connectivity index (χ1) is 16.8. The summed E-state index contributed by atoms with van der Waals surface area (Å²) in [5.74, 6) is -0.487. The van der Waals surface area contributed by atoms with E-state index < -0.39 is 17.6 Å².